The van der Waals surface area contributed by atoms with Gasteiger partial charge in [0.15, 0.2) is 0 Å². The lowest BCUT2D eigenvalue weighted by Crippen LogP contribution is -2.48. The summed E-state index contributed by atoms with van der Waals surface area (Å²) >= 11 is 0. The first kappa shape index (κ1) is 26.6. The molecule has 0 radical (unpaired) electrons. The zero-order valence-corrected chi connectivity index (χ0v) is 20.4. The molecule has 0 aliphatic carbocycles. The van der Waals surface area contributed by atoms with Crippen LogP contribution in [0.15, 0.2) is 18.2 Å². The van der Waals surface area contributed by atoms with Crippen LogP contribution in [0.1, 0.15) is 57.9 Å². The molecule has 0 bridgehead atoms. The average Bonchev–Trinajstić information content (AvgIpc) is 2.80. The maximum absolute atomic E-state index is 12.3. The van der Waals surface area contributed by atoms with E-state index >= 15 is 0 Å². The van der Waals surface area contributed by atoms with Gasteiger partial charge in [0.1, 0.15) is 5.69 Å². The summed E-state index contributed by atoms with van der Waals surface area (Å²) in [7, 11) is 2.92. The molecular weight excluding hydrogens is 426 g/mol. The SMILES string of the molecule is COCCC(=O)N1CCC(N(CC(C)C)c2ccc(C(C)CC(=O)OC)cc2[N+](=O)[O-])CC1. The van der Waals surface area contributed by atoms with Crippen LogP contribution in [0, 0.1) is 16.0 Å². The number of nitrogens with zero attached hydrogens (tertiary/aromatic N) is 3. The zero-order chi connectivity index (χ0) is 24.5. The van der Waals surface area contributed by atoms with Gasteiger partial charge in [0, 0.05) is 38.9 Å². The van der Waals surface area contributed by atoms with Crippen molar-refractivity contribution in [1.29, 1.82) is 0 Å². The number of rotatable bonds is 11. The number of hydrogen-bond donors (Lipinski definition) is 0. The molecule has 184 valence electrons. The highest BCUT2D eigenvalue weighted by Crippen LogP contribution is 2.36. The molecule has 1 aromatic carbocycles. The Morgan fingerprint density at radius 1 is 1.21 bits per heavy atom. The number of carbonyl (C=O) groups is 2. The van der Waals surface area contributed by atoms with E-state index in [0.29, 0.717) is 44.3 Å². The van der Waals surface area contributed by atoms with Crippen molar-refractivity contribution >= 4 is 23.3 Å². The van der Waals surface area contributed by atoms with Gasteiger partial charge in [-0.1, -0.05) is 26.8 Å². The molecule has 0 N–H and O–H groups in total. The first-order valence-corrected chi connectivity index (χ1v) is 11.6. The smallest absolute Gasteiger partial charge is 0.306 e. The molecule has 0 saturated carbocycles. The highest BCUT2D eigenvalue weighted by atomic mass is 16.6. The van der Waals surface area contributed by atoms with Crippen molar-refractivity contribution in [2.24, 2.45) is 5.92 Å². The summed E-state index contributed by atoms with van der Waals surface area (Å²) in [5, 5.41) is 12.0. The van der Waals surface area contributed by atoms with Crippen LogP contribution in [0.3, 0.4) is 0 Å². The number of ether oxygens (including phenoxy) is 2. The predicted molar refractivity (Wildman–Crippen MR) is 126 cm³/mol. The normalized spacial score (nSPS) is 15.4. The Labute approximate surface area is 196 Å². The highest BCUT2D eigenvalue weighted by molar-refractivity contribution is 5.76. The molecule has 2 rings (SSSR count). The molecule has 1 heterocycles. The molecule has 1 aliphatic heterocycles. The Balaban J connectivity index is 2.26. The van der Waals surface area contributed by atoms with Crippen LogP contribution in [-0.4, -0.2) is 68.2 Å². The van der Waals surface area contributed by atoms with Gasteiger partial charge in [-0.3, -0.25) is 19.7 Å². The fourth-order valence-corrected chi connectivity index (χ4v) is 4.30. The number of benzene rings is 1. The zero-order valence-electron chi connectivity index (χ0n) is 20.4. The molecule has 1 unspecified atom stereocenters. The second-order valence-electron chi connectivity index (χ2n) is 9.09. The second-order valence-corrected chi connectivity index (χ2v) is 9.09. The number of anilines is 1. The highest BCUT2D eigenvalue weighted by Gasteiger charge is 2.31. The number of carbonyl (C=O) groups excluding carboxylic acids is 2. The largest absolute Gasteiger partial charge is 0.469 e. The van der Waals surface area contributed by atoms with E-state index < -0.39 is 0 Å². The number of amides is 1. The molecule has 1 fully saturated rings. The summed E-state index contributed by atoms with van der Waals surface area (Å²) in [6.45, 7) is 8.39. The van der Waals surface area contributed by atoms with Gasteiger partial charge in [0.2, 0.25) is 5.91 Å². The van der Waals surface area contributed by atoms with Crippen LogP contribution in [0.5, 0.6) is 0 Å². The summed E-state index contributed by atoms with van der Waals surface area (Å²) in [6.07, 6.45) is 2.04. The van der Waals surface area contributed by atoms with E-state index in [2.05, 4.69) is 18.7 Å². The average molecular weight is 464 g/mol. The third-order valence-corrected chi connectivity index (χ3v) is 6.12. The molecule has 1 aromatic rings. The Morgan fingerprint density at radius 3 is 2.42 bits per heavy atom. The Hall–Kier alpha value is -2.68. The fourth-order valence-electron chi connectivity index (χ4n) is 4.30. The van der Waals surface area contributed by atoms with E-state index in [-0.39, 0.29) is 40.9 Å². The summed E-state index contributed by atoms with van der Waals surface area (Å²) in [5.41, 5.74) is 1.37. The van der Waals surface area contributed by atoms with Gasteiger partial charge in [-0.15, -0.1) is 0 Å². The van der Waals surface area contributed by atoms with Gasteiger partial charge in [-0.05, 0) is 36.3 Å². The molecule has 0 aromatic heterocycles. The van der Waals surface area contributed by atoms with Crippen molar-refractivity contribution in [1.82, 2.24) is 4.90 Å². The molecule has 9 nitrogen and oxygen atoms in total. The van der Waals surface area contributed by atoms with Crippen LogP contribution in [0.2, 0.25) is 0 Å². The number of likely N-dealkylation sites (tertiary alicyclic amines) is 1. The fraction of sp³-hybridized carbons (Fsp3) is 0.667. The molecule has 33 heavy (non-hydrogen) atoms. The number of nitro groups is 1. The Kier molecular flexibility index (Phi) is 10.1. The Morgan fingerprint density at radius 2 is 1.88 bits per heavy atom. The number of esters is 1. The molecule has 1 atom stereocenters. The Bertz CT molecular complexity index is 820. The van der Waals surface area contributed by atoms with Crippen molar-refractivity contribution in [3.8, 4) is 0 Å². The standard InChI is InChI=1S/C24H37N3O6/c1-17(2)16-26(20-8-11-25(12-9-20)23(28)10-13-32-4)21-7-6-19(15-22(21)27(30)31)18(3)14-24(29)33-5/h6-7,15,17-18,20H,8-14,16H2,1-5H3. The third-order valence-electron chi connectivity index (χ3n) is 6.12. The van der Waals surface area contributed by atoms with Crippen molar-refractivity contribution in [3.63, 3.8) is 0 Å². The van der Waals surface area contributed by atoms with Crippen LogP contribution >= 0.6 is 0 Å². The first-order chi connectivity index (χ1) is 15.7. The number of methoxy groups -OCH3 is 2. The third kappa shape index (κ3) is 7.42. The van der Waals surface area contributed by atoms with Crippen molar-refractivity contribution in [2.45, 2.75) is 58.4 Å². The topological polar surface area (TPSA) is 102 Å². The molecule has 1 amide bonds. The number of hydrogen-bond acceptors (Lipinski definition) is 7. The molecule has 0 spiro atoms. The van der Waals surface area contributed by atoms with Gasteiger partial charge in [-0.2, -0.15) is 0 Å². The number of piperidine rings is 1. The van der Waals surface area contributed by atoms with E-state index in [4.69, 9.17) is 9.47 Å². The maximum Gasteiger partial charge on any atom is 0.306 e. The van der Waals surface area contributed by atoms with Crippen molar-refractivity contribution in [2.75, 3.05) is 45.4 Å². The first-order valence-electron chi connectivity index (χ1n) is 11.6. The minimum absolute atomic E-state index is 0.0449. The minimum atomic E-state index is -0.347. The molecule has 1 aliphatic rings. The van der Waals surface area contributed by atoms with E-state index in [9.17, 15) is 19.7 Å². The van der Waals surface area contributed by atoms with Crippen LogP contribution in [0.4, 0.5) is 11.4 Å². The number of nitro benzene ring substituents is 1. The lowest BCUT2D eigenvalue weighted by Gasteiger charge is -2.40. The predicted octanol–water partition coefficient (Wildman–Crippen LogP) is 3.75. The summed E-state index contributed by atoms with van der Waals surface area (Å²) < 4.78 is 9.74. The van der Waals surface area contributed by atoms with E-state index in [1.54, 1.807) is 19.2 Å². The van der Waals surface area contributed by atoms with Gasteiger partial charge in [0.05, 0.1) is 31.5 Å². The van der Waals surface area contributed by atoms with Gasteiger partial charge in [-0.25, -0.2) is 0 Å². The van der Waals surface area contributed by atoms with Crippen LogP contribution < -0.4 is 4.90 Å². The summed E-state index contributed by atoms with van der Waals surface area (Å²) in [5.74, 6) is -0.142. The second kappa shape index (κ2) is 12.5. The van der Waals surface area contributed by atoms with Crippen molar-refractivity contribution in [3.05, 3.63) is 33.9 Å². The summed E-state index contributed by atoms with van der Waals surface area (Å²) in [6, 6.07) is 5.36. The van der Waals surface area contributed by atoms with Gasteiger partial charge in [0.25, 0.3) is 5.69 Å². The van der Waals surface area contributed by atoms with Crippen LogP contribution in [0.25, 0.3) is 0 Å². The maximum atomic E-state index is 12.3. The monoisotopic (exact) mass is 463 g/mol. The lowest BCUT2D eigenvalue weighted by atomic mass is 9.95. The minimum Gasteiger partial charge on any atom is -0.469 e. The van der Waals surface area contributed by atoms with E-state index in [1.165, 1.54) is 7.11 Å². The van der Waals surface area contributed by atoms with Gasteiger partial charge < -0.3 is 19.3 Å². The molecule has 9 heteroatoms. The van der Waals surface area contributed by atoms with Crippen LogP contribution in [-0.2, 0) is 19.1 Å². The van der Waals surface area contributed by atoms with E-state index in [1.807, 2.05) is 17.9 Å². The lowest BCUT2D eigenvalue weighted by molar-refractivity contribution is -0.384. The van der Waals surface area contributed by atoms with Gasteiger partial charge >= 0.3 is 5.97 Å². The van der Waals surface area contributed by atoms with Crippen molar-refractivity contribution < 1.29 is 24.0 Å². The van der Waals surface area contributed by atoms with E-state index in [0.717, 1.165) is 18.4 Å². The molecular formula is C24H37N3O6. The summed E-state index contributed by atoms with van der Waals surface area (Å²) in [4.78, 5) is 39.6. The molecule has 1 saturated heterocycles. The quantitative estimate of drug-likeness (QED) is 0.280.